The van der Waals surface area contributed by atoms with Crippen LogP contribution < -0.4 is 5.32 Å². The number of carbonyl (C=O) groups is 1. The first-order valence-electron chi connectivity index (χ1n) is 6.81. The fourth-order valence-corrected chi connectivity index (χ4v) is 3.07. The molecule has 1 aliphatic carbocycles. The standard InChI is InChI=1S/C14H20BrN3O/c1-3-18(11-6-4-5-7-11)14(19)12-8-10(15)9-17-13(12)16-2/h8-9,11H,3-7H2,1-2H3,(H,16,17). The maximum Gasteiger partial charge on any atom is 0.257 e. The highest BCUT2D eigenvalue weighted by Gasteiger charge is 2.27. The molecule has 0 bridgehead atoms. The van der Waals surface area contributed by atoms with Crippen molar-refractivity contribution >= 4 is 27.7 Å². The third-order valence-electron chi connectivity index (χ3n) is 3.69. The van der Waals surface area contributed by atoms with Gasteiger partial charge in [-0.25, -0.2) is 4.98 Å². The highest BCUT2D eigenvalue weighted by molar-refractivity contribution is 9.10. The Morgan fingerprint density at radius 3 is 2.79 bits per heavy atom. The Morgan fingerprint density at radius 1 is 1.53 bits per heavy atom. The highest BCUT2D eigenvalue weighted by atomic mass is 79.9. The Labute approximate surface area is 122 Å². The van der Waals surface area contributed by atoms with Crippen LogP contribution in [0, 0.1) is 0 Å². The lowest BCUT2D eigenvalue weighted by Gasteiger charge is -2.28. The van der Waals surface area contributed by atoms with Crippen LogP contribution in [0.2, 0.25) is 0 Å². The van der Waals surface area contributed by atoms with Gasteiger partial charge in [0.2, 0.25) is 0 Å². The average Bonchev–Trinajstić information content (AvgIpc) is 2.93. The van der Waals surface area contributed by atoms with Crippen molar-refractivity contribution in [3.8, 4) is 0 Å². The van der Waals surface area contributed by atoms with Gasteiger partial charge in [0.05, 0.1) is 5.56 Å². The Bertz CT molecular complexity index is 458. The largest absolute Gasteiger partial charge is 0.372 e. The summed E-state index contributed by atoms with van der Waals surface area (Å²) in [6, 6.07) is 2.24. The molecule has 0 atom stereocenters. The number of hydrogen-bond acceptors (Lipinski definition) is 3. The molecule has 2 rings (SSSR count). The van der Waals surface area contributed by atoms with Crippen molar-refractivity contribution in [1.82, 2.24) is 9.88 Å². The van der Waals surface area contributed by atoms with E-state index in [1.54, 1.807) is 13.2 Å². The van der Waals surface area contributed by atoms with Gasteiger partial charge in [0.15, 0.2) is 0 Å². The van der Waals surface area contributed by atoms with Gasteiger partial charge in [-0.3, -0.25) is 4.79 Å². The molecule has 1 amide bonds. The Morgan fingerprint density at radius 2 is 2.21 bits per heavy atom. The van der Waals surface area contributed by atoms with Crippen molar-refractivity contribution in [1.29, 1.82) is 0 Å². The molecule has 0 saturated heterocycles. The van der Waals surface area contributed by atoms with Crippen LogP contribution in [0.4, 0.5) is 5.82 Å². The minimum Gasteiger partial charge on any atom is -0.372 e. The van der Waals surface area contributed by atoms with E-state index >= 15 is 0 Å². The summed E-state index contributed by atoms with van der Waals surface area (Å²) in [5.41, 5.74) is 0.644. The third-order valence-corrected chi connectivity index (χ3v) is 4.12. The van der Waals surface area contributed by atoms with Gasteiger partial charge in [0.25, 0.3) is 5.91 Å². The van der Waals surface area contributed by atoms with Crippen LogP contribution in [0.5, 0.6) is 0 Å². The van der Waals surface area contributed by atoms with Gasteiger partial charge in [-0.15, -0.1) is 0 Å². The molecule has 19 heavy (non-hydrogen) atoms. The molecule has 5 heteroatoms. The van der Waals surface area contributed by atoms with Gasteiger partial charge < -0.3 is 10.2 Å². The van der Waals surface area contributed by atoms with Crippen LogP contribution >= 0.6 is 15.9 Å². The summed E-state index contributed by atoms with van der Waals surface area (Å²) in [5.74, 6) is 0.720. The first-order chi connectivity index (χ1) is 9.17. The molecule has 0 unspecified atom stereocenters. The molecule has 1 saturated carbocycles. The van der Waals surface area contributed by atoms with Gasteiger partial charge in [-0.2, -0.15) is 0 Å². The summed E-state index contributed by atoms with van der Waals surface area (Å²) in [4.78, 5) is 19.0. The fourth-order valence-electron chi connectivity index (χ4n) is 2.74. The highest BCUT2D eigenvalue weighted by Crippen LogP contribution is 2.27. The Hall–Kier alpha value is -1.10. The fraction of sp³-hybridized carbons (Fsp3) is 0.571. The average molecular weight is 326 g/mol. The zero-order valence-electron chi connectivity index (χ0n) is 11.4. The lowest BCUT2D eigenvalue weighted by atomic mass is 10.1. The number of anilines is 1. The first-order valence-corrected chi connectivity index (χ1v) is 7.61. The lowest BCUT2D eigenvalue weighted by molar-refractivity contribution is 0.0694. The zero-order valence-corrected chi connectivity index (χ0v) is 13.0. The number of aromatic nitrogens is 1. The van der Waals surface area contributed by atoms with Crippen LogP contribution in [0.3, 0.4) is 0 Å². The third kappa shape index (κ3) is 3.08. The van der Waals surface area contributed by atoms with E-state index in [0.29, 0.717) is 17.4 Å². The minimum atomic E-state index is 0.0764. The molecule has 104 valence electrons. The minimum absolute atomic E-state index is 0.0764. The lowest BCUT2D eigenvalue weighted by Crippen LogP contribution is -2.39. The Balaban J connectivity index is 2.28. The van der Waals surface area contributed by atoms with Crippen molar-refractivity contribution in [2.45, 2.75) is 38.6 Å². The molecular weight excluding hydrogens is 306 g/mol. The van der Waals surface area contributed by atoms with E-state index in [2.05, 4.69) is 26.2 Å². The molecule has 1 N–H and O–H groups in total. The quantitative estimate of drug-likeness (QED) is 0.923. The number of rotatable bonds is 4. The molecule has 0 aromatic carbocycles. The maximum atomic E-state index is 12.7. The summed E-state index contributed by atoms with van der Waals surface area (Å²) in [5, 5.41) is 2.99. The number of halogens is 1. The molecule has 1 aromatic heterocycles. The van der Waals surface area contributed by atoms with Crippen LogP contribution in [0.15, 0.2) is 16.7 Å². The van der Waals surface area contributed by atoms with Crippen LogP contribution in [-0.4, -0.2) is 35.4 Å². The summed E-state index contributed by atoms with van der Waals surface area (Å²) in [7, 11) is 1.79. The van der Waals surface area contributed by atoms with Gasteiger partial charge in [-0.05, 0) is 41.8 Å². The van der Waals surface area contributed by atoms with Gasteiger partial charge in [0.1, 0.15) is 5.82 Å². The van der Waals surface area contributed by atoms with Gasteiger partial charge >= 0.3 is 0 Å². The van der Waals surface area contributed by atoms with Crippen LogP contribution in [0.25, 0.3) is 0 Å². The van der Waals surface area contributed by atoms with Crippen LogP contribution in [0.1, 0.15) is 43.0 Å². The smallest absolute Gasteiger partial charge is 0.257 e. The molecule has 1 aromatic rings. The summed E-state index contributed by atoms with van der Waals surface area (Å²) in [6.07, 6.45) is 6.40. The topological polar surface area (TPSA) is 45.2 Å². The van der Waals surface area contributed by atoms with Gasteiger partial charge in [0, 0.05) is 30.3 Å². The van der Waals surface area contributed by atoms with E-state index in [-0.39, 0.29) is 5.91 Å². The predicted octanol–water partition coefficient (Wildman–Crippen LogP) is 3.29. The van der Waals surface area contributed by atoms with Crippen molar-refractivity contribution in [2.75, 3.05) is 18.9 Å². The maximum absolute atomic E-state index is 12.7. The zero-order chi connectivity index (χ0) is 13.8. The first kappa shape index (κ1) is 14.3. The van der Waals surface area contributed by atoms with E-state index in [1.165, 1.54) is 12.8 Å². The van der Waals surface area contributed by atoms with Crippen molar-refractivity contribution < 1.29 is 4.79 Å². The van der Waals surface area contributed by atoms with Crippen molar-refractivity contribution in [3.05, 3.63) is 22.3 Å². The van der Waals surface area contributed by atoms with E-state index in [0.717, 1.165) is 23.9 Å². The molecule has 1 heterocycles. The predicted molar refractivity (Wildman–Crippen MR) is 80.5 cm³/mol. The number of nitrogens with one attached hydrogen (secondary N) is 1. The second-order valence-electron chi connectivity index (χ2n) is 4.83. The molecule has 0 radical (unpaired) electrons. The summed E-state index contributed by atoms with van der Waals surface area (Å²) < 4.78 is 0.831. The Kier molecular flexibility index (Phi) is 4.80. The second-order valence-corrected chi connectivity index (χ2v) is 5.74. The van der Waals surface area contributed by atoms with E-state index in [4.69, 9.17) is 0 Å². The molecule has 4 nitrogen and oxygen atoms in total. The number of pyridine rings is 1. The molecule has 1 aliphatic rings. The van der Waals surface area contributed by atoms with Gasteiger partial charge in [-0.1, -0.05) is 12.8 Å². The number of carbonyl (C=O) groups excluding carboxylic acids is 1. The van der Waals surface area contributed by atoms with Crippen molar-refractivity contribution in [3.63, 3.8) is 0 Å². The molecule has 0 aliphatic heterocycles. The normalized spacial score (nSPS) is 15.5. The van der Waals surface area contributed by atoms with Crippen LogP contribution in [-0.2, 0) is 0 Å². The molecular formula is C14H20BrN3O. The van der Waals surface area contributed by atoms with E-state index in [9.17, 15) is 4.79 Å². The van der Waals surface area contributed by atoms with E-state index < -0.39 is 0 Å². The number of hydrogen-bond donors (Lipinski definition) is 1. The summed E-state index contributed by atoms with van der Waals surface area (Å²) in [6.45, 7) is 2.79. The van der Waals surface area contributed by atoms with Crippen molar-refractivity contribution in [2.24, 2.45) is 0 Å². The monoisotopic (exact) mass is 325 g/mol. The molecule has 0 spiro atoms. The SMILES string of the molecule is CCN(C(=O)c1cc(Br)cnc1NC)C1CCCC1. The number of amides is 1. The molecule has 1 fully saturated rings. The summed E-state index contributed by atoms with van der Waals surface area (Å²) >= 11 is 3.39. The van der Waals surface area contributed by atoms with E-state index in [1.807, 2.05) is 17.9 Å². The second kappa shape index (κ2) is 6.37. The number of nitrogens with zero attached hydrogens (tertiary/aromatic N) is 2.